The number of thiocarbonyl (C=S) groups is 1. The molecule has 1 aliphatic rings. The van der Waals surface area contributed by atoms with E-state index in [9.17, 15) is 8.42 Å². The van der Waals surface area contributed by atoms with Gasteiger partial charge in [-0.3, -0.25) is 4.31 Å². The molecule has 154 valence electrons. The molecule has 1 heterocycles. The SMILES string of the molecule is Cc1ccc(Cl)cc1NC(=S)Nc1ccc(S(=O)(=O)N2CCc3ccccc32)cc1. The van der Waals surface area contributed by atoms with E-state index in [1.807, 2.05) is 43.3 Å². The number of hydrogen-bond donors (Lipinski definition) is 2. The van der Waals surface area contributed by atoms with E-state index in [0.717, 1.165) is 28.9 Å². The molecule has 0 radical (unpaired) electrons. The van der Waals surface area contributed by atoms with Gasteiger partial charge < -0.3 is 10.6 Å². The van der Waals surface area contributed by atoms with Gasteiger partial charge in [-0.2, -0.15) is 0 Å². The third-order valence-corrected chi connectivity index (χ3v) is 7.26. The molecule has 0 aliphatic carbocycles. The van der Waals surface area contributed by atoms with Gasteiger partial charge in [0.15, 0.2) is 5.11 Å². The number of nitrogens with one attached hydrogen (secondary N) is 2. The lowest BCUT2D eigenvalue weighted by molar-refractivity contribution is 0.592. The number of hydrogen-bond acceptors (Lipinski definition) is 3. The lowest BCUT2D eigenvalue weighted by Gasteiger charge is -2.20. The van der Waals surface area contributed by atoms with Crippen LogP contribution in [0.4, 0.5) is 17.1 Å². The van der Waals surface area contributed by atoms with Crippen LogP contribution in [-0.4, -0.2) is 20.1 Å². The van der Waals surface area contributed by atoms with E-state index in [1.165, 1.54) is 4.31 Å². The zero-order valence-electron chi connectivity index (χ0n) is 16.2. The number of fused-ring (bicyclic) bond motifs is 1. The fourth-order valence-corrected chi connectivity index (χ4v) is 5.31. The van der Waals surface area contributed by atoms with E-state index < -0.39 is 10.0 Å². The first-order valence-corrected chi connectivity index (χ1v) is 11.6. The van der Waals surface area contributed by atoms with Crippen molar-refractivity contribution in [2.45, 2.75) is 18.2 Å². The van der Waals surface area contributed by atoms with Gasteiger partial charge in [0.05, 0.1) is 10.6 Å². The first kappa shape index (κ1) is 20.7. The van der Waals surface area contributed by atoms with Crippen LogP contribution in [0.15, 0.2) is 71.6 Å². The number of benzene rings is 3. The van der Waals surface area contributed by atoms with Crippen molar-refractivity contribution < 1.29 is 8.42 Å². The van der Waals surface area contributed by atoms with E-state index in [4.69, 9.17) is 23.8 Å². The molecule has 0 bridgehead atoms. The number of nitrogens with zero attached hydrogens (tertiary/aromatic N) is 1. The van der Waals surface area contributed by atoms with Gasteiger partial charge in [0.2, 0.25) is 0 Å². The van der Waals surface area contributed by atoms with Gasteiger partial charge >= 0.3 is 0 Å². The Labute approximate surface area is 186 Å². The van der Waals surface area contributed by atoms with E-state index in [1.54, 1.807) is 30.3 Å². The molecule has 30 heavy (non-hydrogen) atoms. The Balaban J connectivity index is 1.48. The van der Waals surface area contributed by atoms with Crippen molar-refractivity contribution in [3.05, 3.63) is 82.9 Å². The van der Waals surface area contributed by atoms with Crippen LogP contribution < -0.4 is 14.9 Å². The molecule has 0 aromatic heterocycles. The summed E-state index contributed by atoms with van der Waals surface area (Å²) >= 11 is 11.4. The predicted octanol–water partition coefficient (Wildman–Crippen LogP) is 5.21. The van der Waals surface area contributed by atoms with Crippen molar-refractivity contribution in [2.24, 2.45) is 0 Å². The van der Waals surface area contributed by atoms with E-state index in [-0.39, 0.29) is 4.90 Å². The summed E-state index contributed by atoms with van der Waals surface area (Å²) in [5.74, 6) is 0. The van der Waals surface area contributed by atoms with E-state index >= 15 is 0 Å². The van der Waals surface area contributed by atoms with Gasteiger partial charge in [0.25, 0.3) is 10.0 Å². The molecular weight excluding hydrogens is 438 g/mol. The number of para-hydroxylation sites is 1. The van der Waals surface area contributed by atoms with Crippen molar-refractivity contribution in [1.82, 2.24) is 0 Å². The second-order valence-corrected chi connectivity index (χ2v) is 9.73. The first-order valence-electron chi connectivity index (χ1n) is 9.39. The predicted molar refractivity (Wildman–Crippen MR) is 127 cm³/mol. The molecule has 3 aromatic carbocycles. The standard InChI is InChI=1S/C22H20ClN3O2S2/c1-15-6-7-17(23)14-20(15)25-22(29)24-18-8-10-19(11-9-18)30(27,28)26-13-12-16-4-2-3-5-21(16)26/h2-11,14H,12-13H2,1H3,(H2,24,25,29). The maximum atomic E-state index is 13.1. The molecule has 0 saturated heterocycles. The quantitative estimate of drug-likeness (QED) is 0.526. The smallest absolute Gasteiger partial charge is 0.264 e. The molecule has 2 N–H and O–H groups in total. The van der Waals surface area contributed by atoms with Gasteiger partial charge in [0.1, 0.15) is 0 Å². The number of halogens is 1. The molecule has 8 heteroatoms. The molecule has 0 unspecified atom stereocenters. The molecule has 3 aromatic rings. The molecule has 4 rings (SSSR count). The number of anilines is 3. The lowest BCUT2D eigenvalue weighted by atomic mass is 10.2. The van der Waals surface area contributed by atoms with Gasteiger partial charge in [-0.1, -0.05) is 35.9 Å². The van der Waals surface area contributed by atoms with E-state index in [0.29, 0.717) is 22.4 Å². The normalized spacial score (nSPS) is 13.1. The van der Waals surface area contributed by atoms with Gasteiger partial charge in [0, 0.05) is 22.9 Å². The van der Waals surface area contributed by atoms with E-state index in [2.05, 4.69) is 10.6 Å². The molecule has 0 fully saturated rings. The van der Waals surface area contributed by atoms with Gasteiger partial charge in [-0.15, -0.1) is 0 Å². The average molecular weight is 458 g/mol. The fourth-order valence-electron chi connectivity index (χ4n) is 3.41. The Bertz CT molecular complexity index is 1210. The van der Waals surface area contributed by atoms with Crippen LogP contribution in [0.2, 0.25) is 5.02 Å². The minimum Gasteiger partial charge on any atom is -0.332 e. The molecule has 0 amide bonds. The molecule has 0 saturated carbocycles. The zero-order chi connectivity index (χ0) is 21.3. The van der Waals surface area contributed by atoms with Crippen LogP contribution in [0.3, 0.4) is 0 Å². The minimum atomic E-state index is -3.61. The summed E-state index contributed by atoms with van der Waals surface area (Å²) in [5, 5.41) is 7.19. The highest BCUT2D eigenvalue weighted by molar-refractivity contribution is 7.92. The lowest BCUT2D eigenvalue weighted by Crippen LogP contribution is -2.29. The number of aryl methyl sites for hydroxylation is 1. The maximum absolute atomic E-state index is 13.1. The second-order valence-electron chi connectivity index (χ2n) is 7.02. The van der Waals surface area contributed by atoms with Gasteiger partial charge in [-0.25, -0.2) is 8.42 Å². The Morgan fingerprint density at radius 2 is 1.77 bits per heavy atom. The van der Waals surface area contributed by atoms with Crippen LogP contribution >= 0.6 is 23.8 Å². The summed E-state index contributed by atoms with van der Waals surface area (Å²) in [5.41, 5.74) is 4.31. The van der Waals surface area contributed by atoms with Crippen LogP contribution in [0, 0.1) is 6.92 Å². The highest BCUT2D eigenvalue weighted by atomic mass is 35.5. The van der Waals surface area contributed by atoms with Crippen LogP contribution in [0.25, 0.3) is 0 Å². The summed E-state index contributed by atoms with van der Waals surface area (Å²) in [6, 6.07) is 19.7. The third kappa shape index (κ3) is 4.14. The second kappa shape index (κ2) is 8.26. The number of sulfonamides is 1. The monoisotopic (exact) mass is 457 g/mol. The Hall–Kier alpha value is -2.61. The van der Waals surface area contributed by atoms with Crippen molar-refractivity contribution in [2.75, 3.05) is 21.5 Å². The van der Waals surface area contributed by atoms with Crippen molar-refractivity contribution >= 4 is 56.0 Å². The Morgan fingerprint density at radius 1 is 1.03 bits per heavy atom. The van der Waals surface area contributed by atoms with Crippen molar-refractivity contribution in [1.29, 1.82) is 0 Å². The van der Waals surface area contributed by atoms with Crippen LogP contribution in [-0.2, 0) is 16.4 Å². The number of rotatable bonds is 4. The summed E-state index contributed by atoms with van der Waals surface area (Å²) < 4.78 is 27.7. The molecule has 1 aliphatic heterocycles. The summed E-state index contributed by atoms with van der Waals surface area (Å²) in [7, 11) is -3.61. The average Bonchev–Trinajstić information content (AvgIpc) is 3.16. The van der Waals surface area contributed by atoms with Crippen molar-refractivity contribution in [3.63, 3.8) is 0 Å². The van der Waals surface area contributed by atoms with Crippen molar-refractivity contribution in [3.8, 4) is 0 Å². The topological polar surface area (TPSA) is 61.4 Å². The molecule has 5 nitrogen and oxygen atoms in total. The van der Waals surface area contributed by atoms with Crippen LogP contribution in [0.5, 0.6) is 0 Å². The third-order valence-electron chi connectivity index (χ3n) is 4.99. The molecule has 0 spiro atoms. The molecular formula is C22H20ClN3O2S2. The highest BCUT2D eigenvalue weighted by Gasteiger charge is 2.30. The summed E-state index contributed by atoms with van der Waals surface area (Å²) in [6.45, 7) is 2.41. The maximum Gasteiger partial charge on any atom is 0.264 e. The Kier molecular flexibility index (Phi) is 5.69. The zero-order valence-corrected chi connectivity index (χ0v) is 18.6. The minimum absolute atomic E-state index is 0.245. The largest absolute Gasteiger partial charge is 0.332 e. The highest BCUT2D eigenvalue weighted by Crippen LogP contribution is 2.32. The first-order chi connectivity index (χ1) is 14.3. The van der Waals surface area contributed by atoms with Gasteiger partial charge in [-0.05, 0) is 79.2 Å². The fraction of sp³-hybridized carbons (Fsp3) is 0.136. The summed E-state index contributed by atoms with van der Waals surface area (Å²) in [4.78, 5) is 0.245. The molecule has 0 atom stereocenters. The van der Waals surface area contributed by atoms with Crippen LogP contribution in [0.1, 0.15) is 11.1 Å². The Morgan fingerprint density at radius 3 is 2.53 bits per heavy atom. The summed E-state index contributed by atoms with van der Waals surface area (Å²) in [6.07, 6.45) is 0.720.